The van der Waals surface area contributed by atoms with Crippen molar-refractivity contribution in [3.63, 3.8) is 0 Å². The lowest BCUT2D eigenvalue weighted by Crippen LogP contribution is -2.17. The number of nitrogen functional groups attached to an aromatic ring is 1. The van der Waals surface area contributed by atoms with Gasteiger partial charge in [0.1, 0.15) is 22.1 Å². The van der Waals surface area contributed by atoms with Crippen LogP contribution in [0, 0.1) is 5.82 Å². The van der Waals surface area contributed by atoms with E-state index < -0.39 is 34.9 Å². The molecule has 7 nitrogen and oxygen atoms in total. The summed E-state index contributed by atoms with van der Waals surface area (Å²) in [5.41, 5.74) is 3.64. The fourth-order valence-corrected chi connectivity index (χ4v) is 3.14. The zero-order valence-corrected chi connectivity index (χ0v) is 17.6. The highest BCUT2D eigenvalue weighted by Gasteiger charge is 2.43. The molecule has 4 rings (SSSR count). The lowest BCUT2D eigenvalue weighted by Gasteiger charge is -2.11. The highest BCUT2D eigenvalue weighted by molar-refractivity contribution is 6.34. The maximum absolute atomic E-state index is 14.5. The normalized spacial score (nSPS) is 11.3. The Morgan fingerprint density at radius 3 is 2.50 bits per heavy atom. The van der Waals surface area contributed by atoms with Crippen LogP contribution in [0.4, 0.5) is 29.1 Å². The monoisotopic (exact) mass is 492 g/mol. The van der Waals surface area contributed by atoms with Crippen LogP contribution in [0.15, 0.2) is 65.3 Å². The lowest BCUT2D eigenvalue weighted by atomic mass is 10.1. The fourth-order valence-electron chi connectivity index (χ4n) is 2.99. The number of rotatable bonds is 5. The van der Waals surface area contributed by atoms with Crippen molar-refractivity contribution in [3.8, 4) is 22.8 Å². The molecule has 2 aromatic carbocycles. The van der Waals surface area contributed by atoms with Gasteiger partial charge in [-0.3, -0.25) is 4.79 Å². The number of carbonyl (C=O) groups is 1. The predicted molar refractivity (Wildman–Crippen MR) is 115 cm³/mol. The molecule has 0 atom stereocenters. The molecule has 0 saturated heterocycles. The van der Waals surface area contributed by atoms with Crippen LogP contribution < -0.4 is 15.8 Å². The second-order valence-corrected chi connectivity index (χ2v) is 7.19. The average molecular weight is 493 g/mol. The Bertz CT molecular complexity index is 1360. The summed E-state index contributed by atoms with van der Waals surface area (Å²) in [5.74, 6) is -3.51. The zero-order chi connectivity index (χ0) is 24.5. The molecule has 0 unspecified atom stereocenters. The zero-order valence-electron chi connectivity index (χ0n) is 16.9. The number of ether oxygens (including phenoxy) is 1. The van der Waals surface area contributed by atoms with E-state index in [0.717, 1.165) is 12.1 Å². The average Bonchev–Trinajstić information content (AvgIpc) is 3.25. The molecule has 34 heavy (non-hydrogen) atoms. The third kappa shape index (κ3) is 4.64. The second-order valence-electron chi connectivity index (χ2n) is 6.81. The maximum Gasteiger partial charge on any atom is 0.422 e. The summed E-state index contributed by atoms with van der Waals surface area (Å²) in [7, 11) is 0. The van der Waals surface area contributed by atoms with E-state index in [4.69, 9.17) is 26.6 Å². The molecule has 0 aliphatic carbocycles. The van der Waals surface area contributed by atoms with Crippen LogP contribution in [0.2, 0.25) is 5.02 Å². The second kappa shape index (κ2) is 9.02. The van der Waals surface area contributed by atoms with Crippen molar-refractivity contribution in [2.75, 3.05) is 11.1 Å². The van der Waals surface area contributed by atoms with Crippen LogP contribution in [-0.2, 0) is 6.18 Å². The Labute approximate surface area is 194 Å². The molecule has 12 heteroatoms. The first-order chi connectivity index (χ1) is 16.1. The van der Waals surface area contributed by atoms with Crippen LogP contribution in [-0.4, -0.2) is 16.0 Å². The summed E-state index contributed by atoms with van der Waals surface area (Å²) >= 11 is 5.96. The fraction of sp³-hybridized carbons (Fsp3) is 0.0455. The van der Waals surface area contributed by atoms with Gasteiger partial charge in [0.25, 0.3) is 5.91 Å². The lowest BCUT2D eigenvalue weighted by molar-refractivity contribution is -0.137. The Balaban J connectivity index is 1.59. The Hall–Kier alpha value is -4.12. The van der Waals surface area contributed by atoms with Crippen LogP contribution in [0.25, 0.3) is 11.3 Å². The van der Waals surface area contributed by atoms with Gasteiger partial charge in [-0.15, -0.1) is 0 Å². The Morgan fingerprint density at radius 2 is 1.82 bits per heavy atom. The molecule has 2 aromatic heterocycles. The van der Waals surface area contributed by atoms with E-state index in [2.05, 4.69) is 15.5 Å². The summed E-state index contributed by atoms with van der Waals surface area (Å²) in [6, 6.07) is 12.0. The quantitative estimate of drug-likeness (QED) is 0.323. The van der Waals surface area contributed by atoms with Crippen molar-refractivity contribution in [2.24, 2.45) is 0 Å². The summed E-state index contributed by atoms with van der Waals surface area (Å²) < 4.78 is 65.8. The van der Waals surface area contributed by atoms with Crippen LogP contribution in [0.3, 0.4) is 0 Å². The molecular weight excluding hydrogens is 480 g/mol. The number of amides is 1. The summed E-state index contributed by atoms with van der Waals surface area (Å²) in [6.45, 7) is 0. The van der Waals surface area contributed by atoms with Crippen molar-refractivity contribution < 1.29 is 31.6 Å². The van der Waals surface area contributed by atoms with Gasteiger partial charge in [0, 0.05) is 29.6 Å². The standard InChI is InChI=1S/C22H13ClF4N4O3/c23-17-15(8-9-29-20(17)28)33-14-7-6-12(10-13(14)24)30-21(32)19-16(22(25,26)27)18(31-34-19)11-4-2-1-3-5-11/h1-10H,(H2,28,29)(H,30,32). The molecule has 0 spiro atoms. The molecule has 2 heterocycles. The molecule has 0 aliphatic heterocycles. The number of carbonyl (C=O) groups excluding carboxylic acids is 1. The first-order valence-corrected chi connectivity index (χ1v) is 9.84. The minimum absolute atomic E-state index is 0.0224. The van der Waals surface area contributed by atoms with Gasteiger partial charge in [0.05, 0.1) is 0 Å². The number of alkyl halides is 3. The number of benzene rings is 2. The molecule has 174 valence electrons. The molecule has 1 amide bonds. The highest BCUT2D eigenvalue weighted by Crippen LogP contribution is 2.39. The van der Waals surface area contributed by atoms with E-state index >= 15 is 0 Å². The molecule has 0 aliphatic rings. The third-order valence-electron chi connectivity index (χ3n) is 4.52. The van der Waals surface area contributed by atoms with Crippen molar-refractivity contribution >= 4 is 29.0 Å². The number of nitrogens with one attached hydrogen (secondary N) is 1. The minimum atomic E-state index is -4.94. The summed E-state index contributed by atoms with van der Waals surface area (Å²) in [5, 5.41) is 5.57. The van der Waals surface area contributed by atoms with Crippen LogP contribution in [0.1, 0.15) is 16.1 Å². The van der Waals surface area contributed by atoms with E-state index in [-0.39, 0.29) is 33.6 Å². The summed E-state index contributed by atoms with van der Waals surface area (Å²) in [4.78, 5) is 16.3. The van der Waals surface area contributed by atoms with Gasteiger partial charge in [-0.2, -0.15) is 13.2 Å². The Morgan fingerprint density at radius 1 is 1.09 bits per heavy atom. The van der Waals surface area contributed by atoms with Gasteiger partial charge in [0.2, 0.25) is 5.76 Å². The van der Waals surface area contributed by atoms with Gasteiger partial charge < -0.3 is 20.3 Å². The van der Waals surface area contributed by atoms with Gasteiger partial charge in [-0.25, -0.2) is 9.37 Å². The maximum atomic E-state index is 14.5. The van der Waals surface area contributed by atoms with Crippen molar-refractivity contribution in [3.05, 3.63) is 83.0 Å². The largest absolute Gasteiger partial charge is 0.453 e. The van der Waals surface area contributed by atoms with Crippen molar-refractivity contribution in [1.29, 1.82) is 0 Å². The highest BCUT2D eigenvalue weighted by atomic mass is 35.5. The first kappa shape index (κ1) is 23.1. The van der Waals surface area contributed by atoms with Gasteiger partial charge in [0.15, 0.2) is 17.3 Å². The number of hydrogen-bond donors (Lipinski definition) is 2. The Kier molecular flexibility index (Phi) is 6.12. The molecule has 0 bridgehead atoms. The van der Waals surface area contributed by atoms with E-state index in [9.17, 15) is 22.4 Å². The predicted octanol–water partition coefficient (Wildman–Crippen LogP) is 6.17. The summed E-state index contributed by atoms with van der Waals surface area (Å²) in [6.07, 6.45) is -3.63. The molecule has 0 fully saturated rings. The number of anilines is 2. The number of pyridine rings is 1. The molecule has 3 N–H and O–H groups in total. The number of nitrogens with zero attached hydrogens (tertiary/aromatic N) is 2. The minimum Gasteiger partial charge on any atom is -0.453 e. The van der Waals surface area contributed by atoms with E-state index in [0.29, 0.717) is 0 Å². The van der Waals surface area contributed by atoms with E-state index in [1.807, 2.05) is 0 Å². The van der Waals surface area contributed by atoms with E-state index in [1.54, 1.807) is 6.07 Å². The first-order valence-electron chi connectivity index (χ1n) is 9.46. The topological polar surface area (TPSA) is 103 Å². The third-order valence-corrected chi connectivity index (χ3v) is 4.90. The number of nitrogens with two attached hydrogens (primary N) is 1. The molecule has 4 aromatic rings. The SMILES string of the molecule is Nc1nccc(Oc2ccc(NC(=O)c3onc(-c4ccccc4)c3C(F)(F)F)cc2F)c1Cl. The molecular formula is C22H13ClF4N4O3. The number of aromatic nitrogens is 2. The van der Waals surface area contributed by atoms with Crippen LogP contribution in [0.5, 0.6) is 11.5 Å². The van der Waals surface area contributed by atoms with Crippen molar-refractivity contribution in [2.45, 2.75) is 6.18 Å². The van der Waals surface area contributed by atoms with Crippen LogP contribution >= 0.6 is 11.6 Å². The molecule has 0 radical (unpaired) electrons. The van der Waals surface area contributed by atoms with Crippen molar-refractivity contribution in [1.82, 2.24) is 10.1 Å². The van der Waals surface area contributed by atoms with E-state index in [1.165, 1.54) is 42.6 Å². The molecule has 0 saturated carbocycles. The van der Waals surface area contributed by atoms with Gasteiger partial charge >= 0.3 is 6.18 Å². The smallest absolute Gasteiger partial charge is 0.422 e. The van der Waals surface area contributed by atoms with Gasteiger partial charge in [-0.1, -0.05) is 47.1 Å². The number of hydrogen-bond acceptors (Lipinski definition) is 6. The van der Waals surface area contributed by atoms with Gasteiger partial charge in [-0.05, 0) is 12.1 Å². The number of halogens is 5.